The number of rotatable bonds is 2. The standard InChI is InChI=1S/C15H14B2O3/c1-16(18)14-8-4-12(5-9-14)2-3-13-6-10-15(11-7-13)17(19)20/h4-11,18-20H,1H3. The van der Waals surface area contributed by atoms with E-state index in [4.69, 9.17) is 10.0 Å². The van der Waals surface area contributed by atoms with Crippen molar-refractivity contribution in [3.63, 3.8) is 0 Å². The van der Waals surface area contributed by atoms with Crippen molar-refractivity contribution in [3.8, 4) is 11.8 Å². The molecule has 0 aliphatic carbocycles. The van der Waals surface area contributed by atoms with E-state index >= 15 is 0 Å². The Hall–Kier alpha value is -1.99. The second-order valence-electron chi connectivity index (χ2n) is 4.54. The minimum atomic E-state index is -1.45. The van der Waals surface area contributed by atoms with Crippen LogP contribution in [0.1, 0.15) is 11.1 Å². The summed E-state index contributed by atoms with van der Waals surface area (Å²) in [6.45, 7) is 1.24. The second kappa shape index (κ2) is 6.44. The van der Waals surface area contributed by atoms with E-state index in [9.17, 15) is 5.02 Å². The van der Waals surface area contributed by atoms with E-state index in [2.05, 4.69) is 11.8 Å². The first-order valence-corrected chi connectivity index (χ1v) is 6.32. The molecule has 0 saturated carbocycles. The molecule has 98 valence electrons. The van der Waals surface area contributed by atoms with Crippen molar-refractivity contribution in [1.29, 1.82) is 0 Å². The lowest BCUT2D eigenvalue weighted by Gasteiger charge is -2.00. The van der Waals surface area contributed by atoms with Gasteiger partial charge in [-0.15, -0.1) is 0 Å². The Morgan fingerprint density at radius 3 is 1.45 bits per heavy atom. The van der Waals surface area contributed by atoms with E-state index in [1.165, 1.54) is 0 Å². The van der Waals surface area contributed by atoms with E-state index in [1.54, 1.807) is 31.1 Å². The lowest BCUT2D eigenvalue weighted by molar-refractivity contribution is 0.426. The van der Waals surface area contributed by atoms with E-state index in [0.29, 0.717) is 5.46 Å². The molecule has 20 heavy (non-hydrogen) atoms. The maximum atomic E-state index is 9.42. The normalized spacial score (nSPS) is 9.60. The van der Waals surface area contributed by atoms with Crippen LogP contribution in [0, 0.1) is 11.8 Å². The van der Waals surface area contributed by atoms with Gasteiger partial charge in [-0.05, 0) is 35.2 Å². The first-order chi connectivity index (χ1) is 9.56. The van der Waals surface area contributed by atoms with Crippen LogP contribution in [0.25, 0.3) is 0 Å². The van der Waals surface area contributed by atoms with Crippen LogP contribution in [-0.4, -0.2) is 29.1 Å². The fourth-order valence-corrected chi connectivity index (χ4v) is 1.73. The minimum absolute atomic E-state index is 0.442. The largest absolute Gasteiger partial charge is 0.488 e. The molecule has 2 aromatic carbocycles. The molecule has 0 unspecified atom stereocenters. The van der Waals surface area contributed by atoms with Crippen LogP contribution < -0.4 is 10.9 Å². The monoisotopic (exact) mass is 264 g/mol. The maximum absolute atomic E-state index is 9.42. The van der Waals surface area contributed by atoms with Gasteiger partial charge in [0.1, 0.15) is 0 Å². The number of hydrogen-bond acceptors (Lipinski definition) is 3. The first-order valence-electron chi connectivity index (χ1n) is 6.32. The predicted molar refractivity (Wildman–Crippen MR) is 82.2 cm³/mol. The smallest absolute Gasteiger partial charge is 0.447 e. The summed E-state index contributed by atoms with van der Waals surface area (Å²) >= 11 is 0. The van der Waals surface area contributed by atoms with Crippen molar-refractivity contribution < 1.29 is 15.1 Å². The summed E-state index contributed by atoms with van der Waals surface area (Å²) in [7, 11) is -1.45. The highest BCUT2D eigenvalue weighted by molar-refractivity contribution is 6.64. The molecular weight excluding hydrogens is 250 g/mol. The summed E-state index contributed by atoms with van der Waals surface area (Å²) in [5, 5.41) is 27.4. The molecule has 5 heteroatoms. The molecule has 0 radical (unpaired) electrons. The van der Waals surface area contributed by atoms with Crippen molar-refractivity contribution in [2.75, 3.05) is 0 Å². The van der Waals surface area contributed by atoms with Crippen LogP contribution >= 0.6 is 0 Å². The van der Waals surface area contributed by atoms with Gasteiger partial charge in [0, 0.05) is 11.1 Å². The third-order valence-electron chi connectivity index (χ3n) is 2.95. The topological polar surface area (TPSA) is 60.7 Å². The van der Waals surface area contributed by atoms with Crippen molar-refractivity contribution in [1.82, 2.24) is 0 Å². The second-order valence-corrected chi connectivity index (χ2v) is 4.54. The number of hydrogen-bond donors (Lipinski definition) is 3. The minimum Gasteiger partial charge on any atom is -0.447 e. The van der Waals surface area contributed by atoms with Gasteiger partial charge in [0.05, 0.1) is 0 Å². The van der Waals surface area contributed by atoms with Crippen LogP contribution in [0.15, 0.2) is 48.5 Å². The van der Waals surface area contributed by atoms with Crippen molar-refractivity contribution >= 4 is 25.0 Å². The van der Waals surface area contributed by atoms with Crippen LogP contribution in [0.3, 0.4) is 0 Å². The summed E-state index contributed by atoms with van der Waals surface area (Å²) in [6, 6.07) is 14.2. The summed E-state index contributed by atoms with van der Waals surface area (Å²) in [5.41, 5.74) is 2.96. The fraction of sp³-hybridized carbons (Fsp3) is 0.0667. The maximum Gasteiger partial charge on any atom is 0.488 e. The summed E-state index contributed by atoms with van der Waals surface area (Å²) in [5.74, 6) is 6.02. The van der Waals surface area contributed by atoms with Crippen molar-refractivity contribution in [2.24, 2.45) is 0 Å². The van der Waals surface area contributed by atoms with Crippen molar-refractivity contribution in [3.05, 3.63) is 59.7 Å². The zero-order valence-corrected chi connectivity index (χ0v) is 11.1. The molecule has 0 heterocycles. The molecule has 0 saturated heterocycles. The fourth-order valence-electron chi connectivity index (χ4n) is 1.73. The SMILES string of the molecule is CB(O)c1ccc(C#Cc2ccc(B(O)O)cc2)cc1. The van der Waals surface area contributed by atoms with Gasteiger partial charge in [-0.25, -0.2) is 0 Å². The van der Waals surface area contributed by atoms with Gasteiger partial charge in [0.2, 0.25) is 0 Å². The summed E-state index contributed by atoms with van der Waals surface area (Å²) in [6.07, 6.45) is 0. The van der Waals surface area contributed by atoms with Crippen LogP contribution in [0.4, 0.5) is 0 Å². The molecule has 2 rings (SSSR count). The van der Waals surface area contributed by atoms with Crippen LogP contribution in [0.5, 0.6) is 0 Å². The summed E-state index contributed by atoms with van der Waals surface area (Å²) < 4.78 is 0. The molecule has 3 nitrogen and oxygen atoms in total. The number of benzene rings is 2. The molecule has 0 atom stereocenters. The zero-order chi connectivity index (χ0) is 14.5. The zero-order valence-electron chi connectivity index (χ0n) is 11.1. The molecule has 2 aromatic rings. The van der Waals surface area contributed by atoms with E-state index in [1.807, 2.05) is 24.3 Å². The van der Waals surface area contributed by atoms with E-state index in [-0.39, 0.29) is 0 Å². The van der Waals surface area contributed by atoms with Crippen LogP contribution in [-0.2, 0) is 0 Å². The predicted octanol–water partition coefficient (Wildman–Crippen LogP) is -0.413. The van der Waals surface area contributed by atoms with E-state index < -0.39 is 14.0 Å². The Kier molecular flexibility index (Phi) is 4.65. The lowest BCUT2D eigenvalue weighted by atomic mass is 9.64. The van der Waals surface area contributed by atoms with Gasteiger partial charge < -0.3 is 15.1 Å². The van der Waals surface area contributed by atoms with Gasteiger partial charge >= 0.3 is 14.0 Å². The molecule has 0 aromatic heterocycles. The molecule has 0 aliphatic heterocycles. The Bertz CT molecular complexity index is 567. The molecular formula is C15H14B2O3. The average Bonchev–Trinajstić information content (AvgIpc) is 2.46. The Balaban J connectivity index is 2.13. The molecule has 0 fully saturated rings. The highest BCUT2D eigenvalue weighted by Gasteiger charge is 2.09. The Morgan fingerprint density at radius 1 is 0.700 bits per heavy atom. The Morgan fingerprint density at radius 2 is 1.10 bits per heavy atom. The highest BCUT2D eigenvalue weighted by atomic mass is 16.4. The van der Waals surface area contributed by atoms with Crippen molar-refractivity contribution in [2.45, 2.75) is 6.82 Å². The molecule has 0 aliphatic rings. The molecule has 0 spiro atoms. The first kappa shape index (κ1) is 14.4. The third kappa shape index (κ3) is 3.75. The van der Waals surface area contributed by atoms with E-state index in [0.717, 1.165) is 16.6 Å². The summed E-state index contributed by atoms with van der Waals surface area (Å²) in [4.78, 5) is 0. The Labute approximate surface area is 119 Å². The third-order valence-corrected chi connectivity index (χ3v) is 2.95. The highest BCUT2D eigenvalue weighted by Crippen LogP contribution is 1.99. The average molecular weight is 264 g/mol. The van der Waals surface area contributed by atoms with Gasteiger partial charge in [-0.3, -0.25) is 0 Å². The van der Waals surface area contributed by atoms with Gasteiger partial charge in [0.25, 0.3) is 0 Å². The van der Waals surface area contributed by atoms with Gasteiger partial charge in [-0.1, -0.05) is 42.9 Å². The molecule has 0 amide bonds. The van der Waals surface area contributed by atoms with Gasteiger partial charge in [-0.2, -0.15) is 0 Å². The van der Waals surface area contributed by atoms with Crippen LogP contribution in [0.2, 0.25) is 6.82 Å². The molecule has 3 N–H and O–H groups in total. The quantitative estimate of drug-likeness (QED) is 0.510. The lowest BCUT2D eigenvalue weighted by Crippen LogP contribution is -2.29. The molecule has 0 bridgehead atoms. The van der Waals surface area contributed by atoms with Gasteiger partial charge in [0.15, 0.2) is 0 Å².